The second-order valence-corrected chi connectivity index (χ2v) is 4.50. The molecule has 1 atom stereocenters. The van der Waals surface area contributed by atoms with Gasteiger partial charge in [-0.1, -0.05) is 6.92 Å². The fourth-order valence-electron chi connectivity index (χ4n) is 1.50. The maximum absolute atomic E-state index is 13.3. The van der Waals surface area contributed by atoms with Crippen molar-refractivity contribution in [1.82, 2.24) is 5.32 Å². The number of hydrogen-bond donors (Lipinski definition) is 3. The van der Waals surface area contributed by atoms with Crippen molar-refractivity contribution in [2.75, 3.05) is 11.9 Å². The molecule has 5 nitrogen and oxygen atoms in total. The van der Waals surface area contributed by atoms with Crippen LogP contribution in [0.4, 0.5) is 19.3 Å². The van der Waals surface area contributed by atoms with E-state index in [9.17, 15) is 18.4 Å². The lowest BCUT2D eigenvalue weighted by Gasteiger charge is -2.12. The molecule has 0 aliphatic carbocycles. The quantitative estimate of drug-likeness (QED) is 0.752. The smallest absolute Gasteiger partial charge is 0.319 e. The number of carboxylic acids is 1. The van der Waals surface area contributed by atoms with Crippen LogP contribution in [0.5, 0.6) is 0 Å². The summed E-state index contributed by atoms with van der Waals surface area (Å²) in [6, 6.07) is 2.20. The van der Waals surface area contributed by atoms with Crippen LogP contribution < -0.4 is 10.6 Å². The molecule has 0 saturated carbocycles. The topological polar surface area (TPSA) is 78.4 Å². The van der Waals surface area contributed by atoms with Gasteiger partial charge in [0.05, 0.1) is 5.69 Å². The number of benzene rings is 1. The first-order chi connectivity index (χ1) is 9.38. The van der Waals surface area contributed by atoms with E-state index in [1.807, 2.05) is 0 Å². The zero-order valence-corrected chi connectivity index (χ0v) is 11.0. The van der Waals surface area contributed by atoms with Gasteiger partial charge >= 0.3 is 12.0 Å². The predicted molar refractivity (Wildman–Crippen MR) is 69.4 cm³/mol. The molecule has 3 N–H and O–H groups in total. The lowest BCUT2D eigenvalue weighted by Crippen LogP contribution is -2.32. The lowest BCUT2D eigenvalue weighted by molar-refractivity contribution is -0.137. The van der Waals surface area contributed by atoms with Crippen LogP contribution in [0, 0.1) is 17.6 Å². The fourth-order valence-corrected chi connectivity index (χ4v) is 1.50. The van der Waals surface area contributed by atoms with Crippen LogP contribution in [0.1, 0.15) is 19.8 Å². The minimum atomic E-state index is -0.894. The number of carbonyl (C=O) groups is 2. The molecule has 0 aromatic heterocycles. The molecule has 1 rings (SSSR count). The second kappa shape index (κ2) is 7.42. The molecule has 0 fully saturated rings. The summed E-state index contributed by atoms with van der Waals surface area (Å²) in [7, 11) is 0. The van der Waals surface area contributed by atoms with Crippen molar-refractivity contribution in [2.24, 2.45) is 5.92 Å². The van der Waals surface area contributed by atoms with Gasteiger partial charge in [-0.05, 0) is 24.5 Å². The van der Waals surface area contributed by atoms with Gasteiger partial charge in [-0.2, -0.15) is 0 Å². The molecule has 1 aromatic carbocycles. The highest BCUT2D eigenvalue weighted by Gasteiger charge is 2.10. The Morgan fingerprint density at radius 1 is 1.35 bits per heavy atom. The van der Waals surface area contributed by atoms with Gasteiger partial charge < -0.3 is 15.7 Å². The standard InChI is InChI=1S/C13H16F2N2O3/c1-8(2-5-12(18)19)7-16-13(20)17-11-4-3-9(14)6-10(11)15/h3-4,6,8H,2,5,7H2,1H3,(H,18,19)(H2,16,17,20). The van der Waals surface area contributed by atoms with Crippen LogP contribution in [0.3, 0.4) is 0 Å². The first-order valence-electron chi connectivity index (χ1n) is 6.10. The third-order valence-corrected chi connectivity index (χ3v) is 2.64. The number of carbonyl (C=O) groups excluding carboxylic acids is 1. The van der Waals surface area contributed by atoms with Gasteiger partial charge in [-0.25, -0.2) is 13.6 Å². The molecule has 1 aromatic rings. The van der Waals surface area contributed by atoms with Crippen LogP contribution >= 0.6 is 0 Å². The van der Waals surface area contributed by atoms with E-state index >= 15 is 0 Å². The zero-order chi connectivity index (χ0) is 15.1. The molecule has 0 aliphatic rings. The average Bonchev–Trinajstić information content (AvgIpc) is 2.37. The van der Waals surface area contributed by atoms with E-state index in [4.69, 9.17) is 5.11 Å². The van der Waals surface area contributed by atoms with Gasteiger partial charge in [0.1, 0.15) is 11.6 Å². The number of hydrogen-bond acceptors (Lipinski definition) is 2. The summed E-state index contributed by atoms with van der Waals surface area (Å²) in [5.74, 6) is -2.50. The van der Waals surface area contributed by atoms with Crippen molar-refractivity contribution in [3.05, 3.63) is 29.8 Å². The first-order valence-corrected chi connectivity index (χ1v) is 6.10. The Morgan fingerprint density at radius 3 is 2.65 bits per heavy atom. The fraction of sp³-hybridized carbons (Fsp3) is 0.385. The Morgan fingerprint density at radius 2 is 2.05 bits per heavy atom. The second-order valence-electron chi connectivity index (χ2n) is 4.50. The summed E-state index contributed by atoms with van der Waals surface area (Å²) < 4.78 is 25.9. The molecule has 0 spiro atoms. The number of carboxylic acid groups (broad SMARTS) is 1. The zero-order valence-electron chi connectivity index (χ0n) is 11.0. The van der Waals surface area contributed by atoms with Crippen LogP contribution in [-0.4, -0.2) is 23.7 Å². The predicted octanol–water partition coefficient (Wildman–Crippen LogP) is 2.59. The molecule has 0 saturated heterocycles. The molecular formula is C13H16F2N2O3. The molecule has 1 unspecified atom stereocenters. The molecule has 2 amide bonds. The van der Waals surface area contributed by atoms with Gasteiger partial charge in [0.25, 0.3) is 0 Å². The van der Waals surface area contributed by atoms with E-state index in [2.05, 4.69) is 10.6 Å². The molecule has 0 bridgehead atoms. The molecule has 0 heterocycles. The Hall–Kier alpha value is -2.18. The molecular weight excluding hydrogens is 270 g/mol. The van der Waals surface area contributed by atoms with Gasteiger partial charge in [-0.15, -0.1) is 0 Å². The van der Waals surface area contributed by atoms with Gasteiger partial charge in [-0.3, -0.25) is 4.79 Å². The van der Waals surface area contributed by atoms with Crippen molar-refractivity contribution < 1.29 is 23.5 Å². The molecule has 110 valence electrons. The Labute approximate surface area is 115 Å². The molecule has 0 aliphatic heterocycles. The number of aliphatic carboxylic acids is 1. The molecule has 20 heavy (non-hydrogen) atoms. The van der Waals surface area contributed by atoms with Gasteiger partial charge in [0.2, 0.25) is 0 Å². The van der Waals surface area contributed by atoms with Crippen LogP contribution in [0.15, 0.2) is 18.2 Å². The number of anilines is 1. The normalized spacial score (nSPS) is 11.8. The van der Waals surface area contributed by atoms with Crippen LogP contribution in [0.25, 0.3) is 0 Å². The SMILES string of the molecule is CC(CCC(=O)O)CNC(=O)Nc1ccc(F)cc1F. The largest absolute Gasteiger partial charge is 0.481 e. The van der Waals surface area contributed by atoms with Crippen molar-refractivity contribution in [3.8, 4) is 0 Å². The number of halogens is 2. The van der Waals surface area contributed by atoms with E-state index in [0.29, 0.717) is 12.5 Å². The average molecular weight is 286 g/mol. The maximum Gasteiger partial charge on any atom is 0.319 e. The maximum atomic E-state index is 13.3. The Balaban J connectivity index is 2.38. The minimum absolute atomic E-state index is 0.0186. The first kappa shape index (κ1) is 15.9. The van der Waals surface area contributed by atoms with Crippen molar-refractivity contribution >= 4 is 17.7 Å². The number of urea groups is 1. The summed E-state index contributed by atoms with van der Waals surface area (Å²) in [5.41, 5.74) is -0.123. The highest BCUT2D eigenvalue weighted by Crippen LogP contribution is 2.14. The number of nitrogens with one attached hydrogen (secondary N) is 2. The highest BCUT2D eigenvalue weighted by molar-refractivity contribution is 5.89. The van der Waals surface area contributed by atoms with Crippen molar-refractivity contribution in [2.45, 2.75) is 19.8 Å². The van der Waals surface area contributed by atoms with E-state index in [-0.39, 0.29) is 24.6 Å². The van der Waals surface area contributed by atoms with E-state index in [1.54, 1.807) is 6.92 Å². The number of amides is 2. The van der Waals surface area contributed by atoms with Gasteiger partial charge in [0, 0.05) is 19.0 Å². The Bertz CT molecular complexity index is 495. The van der Waals surface area contributed by atoms with E-state index in [1.165, 1.54) is 0 Å². The summed E-state index contributed by atoms with van der Waals surface area (Å²) in [6.45, 7) is 2.06. The highest BCUT2D eigenvalue weighted by atomic mass is 19.1. The monoisotopic (exact) mass is 286 g/mol. The molecule has 0 radical (unpaired) electrons. The molecule has 7 heteroatoms. The van der Waals surface area contributed by atoms with E-state index in [0.717, 1.165) is 12.1 Å². The number of rotatable bonds is 6. The Kier molecular flexibility index (Phi) is 5.89. The summed E-state index contributed by atoms with van der Waals surface area (Å²) >= 11 is 0. The van der Waals surface area contributed by atoms with E-state index < -0.39 is 23.6 Å². The summed E-state index contributed by atoms with van der Waals surface area (Å²) in [5, 5.41) is 13.3. The van der Waals surface area contributed by atoms with Crippen LogP contribution in [-0.2, 0) is 4.79 Å². The van der Waals surface area contributed by atoms with Crippen LogP contribution in [0.2, 0.25) is 0 Å². The lowest BCUT2D eigenvalue weighted by atomic mass is 10.1. The summed E-state index contributed by atoms with van der Waals surface area (Å²) in [4.78, 5) is 21.9. The van der Waals surface area contributed by atoms with Crippen molar-refractivity contribution in [3.63, 3.8) is 0 Å². The summed E-state index contributed by atoms with van der Waals surface area (Å²) in [6.07, 6.45) is 0.456. The third kappa shape index (κ3) is 5.64. The van der Waals surface area contributed by atoms with Crippen molar-refractivity contribution in [1.29, 1.82) is 0 Å². The third-order valence-electron chi connectivity index (χ3n) is 2.64. The van der Waals surface area contributed by atoms with Gasteiger partial charge in [0.15, 0.2) is 0 Å². The minimum Gasteiger partial charge on any atom is -0.481 e.